The summed E-state index contributed by atoms with van der Waals surface area (Å²) in [4.78, 5) is 18.3. The summed E-state index contributed by atoms with van der Waals surface area (Å²) in [6, 6.07) is 3.89. The highest BCUT2D eigenvalue weighted by atomic mass is 16.5. The maximum atomic E-state index is 12.3. The van der Waals surface area contributed by atoms with Crippen molar-refractivity contribution in [2.45, 2.75) is 50.2 Å². The quantitative estimate of drug-likeness (QED) is 0.920. The zero-order valence-corrected chi connectivity index (χ0v) is 12.9. The van der Waals surface area contributed by atoms with Gasteiger partial charge >= 0.3 is 0 Å². The van der Waals surface area contributed by atoms with Crippen LogP contribution in [-0.4, -0.2) is 52.3 Å². The van der Waals surface area contributed by atoms with E-state index in [4.69, 9.17) is 4.74 Å². The van der Waals surface area contributed by atoms with Gasteiger partial charge in [0.15, 0.2) is 0 Å². The summed E-state index contributed by atoms with van der Waals surface area (Å²) in [6.45, 7) is 2.10. The monoisotopic (exact) mass is 304 g/mol. The van der Waals surface area contributed by atoms with Crippen LogP contribution in [0.2, 0.25) is 0 Å². The van der Waals surface area contributed by atoms with Crippen molar-refractivity contribution in [2.75, 3.05) is 19.7 Å². The molecule has 5 nitrogen and oxygen atoms in total. The van der Waals surface area contributed by atoms with E-state index in [1.54, 1.807) is 6.20 Å². The maximum absolute atomic E-state index is 12.3. The molecule has 1 atom stereocenters. The molecule has 2 aliphatic heterocycles. The molecular weight excluding hydrogens is 280 g/mol. The lowest BCUT2D eigenvalue weighted by Crippen LogP contribution is -2.56. The van der Waals surface area contributed by atoms with Gasteiger partial charge in [0.1, 0.15) is 0 Å². The van der Waals surface area contributed by atoms with Gasteiger partial charge in [0, 0.05) is 38.5 Å². The van der Waals surface area contributed by atoms with E-state index in [9.17, 15) is 9.90 Å². The van der Waals surface area contributed by atoms with Gasteiger partial charge < -0.3 is 14.7 Å². The van der Waals surface area contributed by atoms with Crippen LogP contribution >= 0.6 is 0 Å². The minimum atomic E-state index is -0.404. The Balaban J connectivity index is 1.49. The molecule has 3 heterocycles. The van der Waals surface area contributed by atoms with E-state index in [0.29, 0.717) is 19.5 Å². The second-order valence-corrected chi connectivity index (χ2v) is 6.31. The second-order valence-electron chi connectivity index (χ2n) is 6.31. The van der Waals surface area contributed by atoms with Gasteiger partial charge in [-0.05, 0) is 43.7 Å². The number of likely N-dealkylation sites (tertiary alicyclic amines) is 1. The fourth-order valence-corrected chi connectivity index (χ4v) is 3.48. The van der Waals surface area contributed by atoms with Crippen LogP contribution in [0.4, 0.5) is 0 Å². The van der Waals surface area contributed by atoms with Crippen LogP contribution in [0, 0.1) is 0 Å². The summed E-state index contributed by atoms with van der Waals surface area (Å²) in [5.74, 6) is 0.184. The van der Waals surface area contributed by atoms with E-state index < -0.39 is 5.60 Å². The van der Waals surface area contributed by atoms with Crippen molar-refractivity contribution in [1.82, 2.24) is 9.88 Å². The van der Waals surface area contributed by atoms with Crippen LogP contribution < -0.4 is 0 Å². The summed E-state index contributed by atoms with van der Waals surface area (Å²) < 4.78 is 5.88. The molecule has 2 fully saturated rings. The number of hydrogen-bond acceptors (Lipinski definition) is 4. The summed E-state index contributed by atoms with van der Waals surface area (Å²) in [5, 5.41) is 10.2. The average molecular weight is 304 g/mol. The third-order valence-electron chi connectivity index (χ3n) is 4.93. The van der Waals surface area contributed by atoms with Crippen LogP contribution in [0.15, 0.2) is 24.5 Å². The molecule has 2 aliphatic rings. The first kappa shape index (κ1) is 15.4. The Morgan fingerprint density at radius 3 is 2.95 bits per heavy atom. The number of aliphatic hydroxyl groups excluding tert-OH is 1. The molecular formula is C17H24N2O3. The lowest BCUT2D eigenvalue weighted by atomic mass is 9.82. The van der Waals surface area contributed by atoms with Crippen molar-refractivity contribution in [1.29, 1.82) is 0 Å². The third kappa shape index (κ3) is 3.31. The molecule has 1 N–H and O–H groups in total. The highest BCUT2D eigenvalue weighted by Gasteiger charge is 2.44. The first-order valence-corrected chi connectivity index (χ1v) is 8.18. The molecule has 1 aromatic rings. The molecule has 0 unspecified atom stereocenters. The number of piperidine rings is 1. The number of pyridine rings is 1. The van der Waals surface area contributed by atoms with E-state index >= 15 is 0 Å². The molecule has 22 heavy (non-hydrogen) atoms. The molecule has 5 heteroatoms. The predicted octanol–water partition coefficient (Wildman–Crippen LogP) is 1.55. The molecule has 3 rings (SSSR count). The van der Waals surface area contributed by atoms with E-state index in [1.165, 1.54) is 0 Å². The van der Waals surface area contributed by atoms with Crippen LogP contribution in [0.5, 0.6) is 0 Å². The highest BCUT2D eigenvalue weighted by molar-refractivity contribution is 5.76. The number of rotatable bonds is 3. The Hall–Kier alpha value is -1.46. The van der Waals surface area contributed by atoms with Crippen LogP contribution in [0.3, 0.4) is 0 Å². The summed E-state index contributed by atoms with van der Waals surface area (Å²) in [7, 11) is 0. The number of aliphatic hydroxyl groups is 1. The van der Waals surface area contributed by atoms with E-state index in [1.807, 2.05) is 23.2 Å². The number of carbonyl (C=O) groups is 1. The predicted molar refractivity (Wildman–Crippen MR) is 82.3 cm³/mol. The van der Waals surface area contributed by atoms with Gasteiger partial charge in [0.25, 0.3) is 0 Å². The lowest BCUT2D eigenvalue weighted by Gasteiger charge is -2.46. The normalized spacial score (nSPS) is 24.4. The first-order valence-electron chi connectivity index (χ1n) is 8.18. The van der Waals surface area contributed by atoms with Crippen LogP contribution in [0.25, 0.3) is 0 Å². The number of ether oxygens (including phenoxy) is 1. The van der Waals surface area contributed by atoms with Crippen molar-refractivity contribution in [3.05, 3.63) is 30.1 Å². The minimum absolute atomic E-state index is 0.184. The van der Waals surface area contributed by atoms with Crippen molar-refractivity contribution in [2.24, 2.45) is 0 Å². The molecule has 1 amide bonds. The topological polar surface area (TPSA) is 62.7 Å². The Morgan fingerprint density at radius 2 is 2.27 bits per heavy atom. The number of aryl methyl sites for hydroxylation is 1. The SMILES string of the molecule is O=C(CCc1cccnc1)N1CCC2(CC1)OCCC[C@H]2O. The number of carbonyl (C=O) groups excluding carboxylic acids is 1. The number of amides is 1. The molecule has 120 valence electrons. The fraction of sp³-hybridized carbons (Fsp3) is 0.647. The van der Waals surface area contributed by atoms with Gasteiger partial charge in [-0.1, -0.05) is 6.07 Å². The number of hydrogen-bond donors (Lipinski definition) is 1. The number of nitrogens with zero attached hydrogens (tertiary/aromatic N) is 2. The Morgan fingerprint density at radius 1 is 1.45 bits per heavy atom. The van der Waals surface area contributed by atoms with Gasteiger partial charge in [-0.3, -0.25) is 9.78 Å². The van der Waals surface area contributed by atoms with Gasteiger partial charge in [-0.25, -0.2) is 0 Å². The van der Waals surface area contributed by atoms with Gasteiger partial charge in [0.2, 0.25) is 5.91 Å². The summed E-state index contributed by atoms with van der Waals surface area (Å²) in [5.41, 5.74) is 0.689. The average Bonchev–Trinajstić information content (AvgIpc) is 2.57. The molecule has 1 aromatic heterocycles. The molecule has 2 saturated heterocycles. The van der Waals surface area contributed by atoms with Crippen LogP contribution in [-0.2, 0) is 16.0 Å². The molecule has 0 saturated carbocycles. The highest BCUT2D eigenvalue weighted by Crippen LogP contribution is 2.35. The lowest BCUT2D eigenvalue weighted by molar-refractivity contribution is -0.179. The zero-order valence-electron chi connectivity index (χ0n) is 12.9. The smallest absolute Gasteiger partial charge is 0.222 e. The summed E-state index contributed by atoms with van der Waals surface area (Å²) >= 11 is 0. The van der Waals surface area contributed by atoms with E-state index in [2.05, 4.69) is 4.98 Å². The van der Waals surface area contributed by atoms with Crippen LogP contribution in [0.1, 0.15) is 37.7 Å². The minimum Gasteiger partial charge on any atom is -0.390 e. The zero-order chi connectivity index (χ0) is 15.4. The van der Waals surface area contributed by atoms with Crippen molar-refractivity contribution in [3.8, 4) is 0 Å². The molecule has 0 bridgehead atoms. The van der Waals surface area contributed by atoms with Crippen molar-refractivity contribution in [3.63, 3.8) is 0 Å². The number of aromatic nitrogens is 1. The van der Waals surface area contributed by atoms with E-state index in [-0.39, 0.29) is 12.0 Å². The molecule has 0 aliphatic carbocycles. The molecule has 0 radical (unpaired) electrons. The largest absolute Gasteiger partial charge is 0.390 e. The Labute approximate surface area is 131 Å². The standard InChI is InChI=1S/C17H24N2O3/c20-15-4-2-12-22-17(15)7-10-19(11-8-17)16(21)6-5-14-3-1-9-18-13-14/h1,3,9,13,15,20H,2,4-8,10-12H2/t15-/m1/s1. The Kier molecular flexibility index (Phi) is 4.74. The fourth-order valence-electron chi connectivity index (χ4n) is 3.48. The molecule has 0 aromatic carbocycles. The van der Waals surface area contributed by atoms with E-state index in [0.717, 1.165) is 44.3 Å². The maximum Gasteiger partial charge on any atom is 0.222 e. The molecule has 1 spiro atoms. The third-order valence-corrected chi connectivity index (χ3v) is 4.93. The van der Waals surface area contributed by atoms with Gasteiger partial charge in [-0.15, -0.1) is 0 Å². The van der Waals surface area contributed by atoms with Gasteiger partial charge in [-0.2, -0.15) is 0 Å². The first-order chi connectivity index (χ1) is 10.7. The summed E-state index contributed by atoms with van der Waals surface area (Å²) in [6.07, 6.45) is 7.64. The Bertz CT molecular complexity index is 498. The van der Waals surface area contributed by atoms with Crippen molar-refractivity contribution < 1.29 is 14.6 Å². The van der Waals surface area contributed by atoms with Gasteiger partial charge in [0.05, 0.1) is 11.7 Å². The van der Waals surface area contributed by atoms with Crippen molar-refractivity contribution >= 4 is 5.91 Å². The second kappa shape index (κ2) is 6.75.